The van der Waals surface area contributed by atoms with Crippen molar-refractivity contribution in [2.24, 2.45) is 0 Å². The van der Waals surface area contributed by atoms with Crippen molar-refractivity contribution in [3.05, 3.63) is 0 Å². The fraction of sp³-hybridized carbons (Fsp3) is 0.800. The van der Waals surface area contributed by atoms with Crippen molar-refractivity contribution in [3.8, 4) is 0 Å². The van der Waals surface area contributed by atoms with E-state index in [1.54, 1.807) is 0 Å². The molecule has 0 saturated heterocycles. The number of carboxylic acids is 1. The first-order chi connectivity index (χ1) is 8.78. The maximum Gasteiger partial charge on any atom is 0.327 e. The third-order valence-corrected chi connectivity index (χ3v) is 3.70. The molecule has 0 bridgehead atoms. The number of hydrogen-bond donors (Lipinski definition) is 2. The topological polar surface area (TPSA) is 119 Å². The number of carbonyl (C=O) groups excluding carboxylic acids is 1. The highest BCUT2D eigenvalue weighted by Gasteiger charge is 2.25. The molecule has 0 saturated carbocycles. The van der Waals surface area contributed by atoms with Crippen LogP contribution in [0.4, 0.5) is 0 Å². The summed E-state index contributed by atoms with van der Waals surface area (Å²) in [5.41, 5.74) is 0. The van der Waals surface area contributed by atoms with Gasteiger partial charge in [-0.3, -0.25) is 4.79 Å². The molecule has 0 aliphatic carbocycles. The number of ether oxygens (including phenoxy) is 2. The van der Waals surface area contributed by atoms with E-state index >= 15 is 0 Å². The average Bonchev–Trinajstić information content (AvgIpc) is 2.26. The van der Waals surface area contributed by atoms with Crippen LogP contribution >= 0.6 is 0 Å². The molecule has 1 atom stereocenters. The number of nitrogens with one attached hydrogen (secondary N) is 1. The fourth-order valence-corrected chi connectivity index (χ4v) is 2.46. The van der Waals surface area contributed by atoms with Gasteiger partial charge in [0.05, 0.1) is 31.3 Å². The van der Waals surface area contributed by atoms with Crippen LogP contribution in [0.5, 0.6) is 0 Å². The lowest BCUT2D eigenvalue weighted by Gasteiger charge is -2.13. The van der Waals surface area contributed by atoms with Crippen LogP contribution in [-0.4, -0.2) is 69.9 Å². The summed E-state index contributed by atoms with van der Waals surface area (Å²) in [4.78, 5) is 21.6. The van der Waals surface area contributed by atoms with Crippen molar-refractivity contribution >= 4 is 21.7 Å². The average molecular weight is 297 g/mol. The van der Waals surface area contributed by atoms with Crippen LogP contribution in [0.1, 0.15) is 6.92 Å². The Hall–Kier alpha value is -1.19. The zero-order valence-electron chi connectivity index (χ0n) is 10.9. The van der Waals surface area contributed by atoms with Crippen LogP contribution in [0.25, 0.3) is 0 Å². The Labute approximate surface area is 112 Å². The van der Waals surface area contributed by atoms with E-state index < -0.39 is 33.5 Å². The highest BCUT2D eigenvalue weighted by atomic mass is 32.2. The van der Waals surface area contributed by atoms with E-state index in [2.05, 4.69) is 5.32 Å². The molecule has 9 heteroatoms. The summed E-state index contributed by atoms with van der Waals surface area (Å²) in [6.07, 6.45) is 0. The quantitative estimate of drug-likeness (QED) is 0.479. The Balaban J connectivity index is 4.24. The second kappa shape index (κ2) is 8.83. The van der Waals surface area contributed by atoms with Gasteiger partial charge in [-0.2, -0.15) is 0 Å². The zero-order chi connectivity index (χ0) is 14.9. The van der Waals surface area contributed by atoms with E-state index in [0.717, 1.165) is 6.92 Å². The van der Waals surface area contributed by atoms with Crippen molar-refractivity contribution in [2.75, 3.05) is 38.4 Å². The number of hydrogen-bond acceptors (Lipinski definition) is 6. The Kier molecular flexibility index (Phi) is 8.28. The summed E-state index contributed by atoms with van der Waals surface area (Å²) in [5, 5.41) is 10.9. The Morgan fingerprint density at radius 1 is 1.26 bits per heavy atom. The van der Waals surface area contributed by atoms with E-state index in [4.69, 9.17) is 14.6 Å². The van der Waals surface area contributed by atoms with Gasteiger partial charge in [-0.05, 0) is 0 Å². The van der Waals surface area contributed by atoms with Gasteiger partial charge in [0.25, 0.3) is 0 Å². The van der Waals surface area contributed by atoms with Gasteiger partial charge in [0.2, 0.25) is 5.91 Å². The molecule has 0 rings (SSSR count). The summed E-state index contributed by atoms with van der Waals surface area (Å²) in [6.45, 7) is 1.69. The second-order valence-electron chi connectivity index (χ2n) is 3.81. The smallest absolute Gasteiger partial charge is 0.327 e. The van der Waals surface area contributed by atoms with Gasteiger partial charge in [0.15, 0.2) is 9.84 Å². The molecular formula is C10H19NO7S. The lowest BCUT2D eigenvalue weighted by Crippen LogP contribution is -2.45. The van der Waals surface area contributed by atoms with Gasteiger partial charge in [-0.1, -0.05) is 0 Å². The maximum atomic E-state index is 11.6. The predicted octanol–water partition coefficient (Wildman–Crippen LogP) is -1.35. The highest BCUT2D eigenvalue weighted by Crippen LogP contribution is 1.97. The van der Waals surface area contributed by atoms with Crippen molar-refractivity contribution in [3.63, 3.8) is 0 Å². The third kappa shape index (κ3) is 9.40. The Morgan fingerprint density at radius 2 is 1.89 bits per heavy atom. The fourth-order valence-electron chi connectivity index (χ4n) is 1.19. The Bertz CT molecular complexity index is 393. The first-order valence-electron chi connectivity index (χ1n) is 5.55. The minimum atomic E-state index is -3.62. The van der Waals surface area contributed by atoms with E-state index in [1.165, 1.54) is 7.11 Å². The molecular weight excluding hydrogens is 278 g/mol. The lowest BCUT2D eigenvalue weighted by atomic mass is 10.3. The minimum absolute atomic E-state index is 0.0435. The molecule has 8 nitrogen and oxygen atoms in total. The molecule has 0 aromatic carbocycles. The van der Waals surface area contributed by atoms with Gasteiger partial charge in [-0.25, -0.2) is 13.2 Å². The van der Waals surface area contributed by atoms with Gasteiger partial charge < -0.3 is 19.9 Å². The number of sulfone groups is 1. The van der Waals surface area contributed by atoms with Gasteiger partial charge in [0, 0.05) is 14.0 Å². The van der Waals surface area contributed by atoms with Crippen molar-refractivity contribution in [1.29, 1.82) is 0 Å². The molecule has 1 amide bonds. The molecule has 0 heterocycles. The molecule has 2 N–H and O–H groups in total. The van der Waals surface area contributed by atoms with Gasteiger partial charge >= 0.3 is 5.97 Å². The molecule has 0 aromatic heterocycles. The molecule has 19 heavy (non-hydrogen) atoms. The van der Waals surface area contributed by atoms with E-state index in [0.29, 0.717) is 6.61 Å². The number of rotatable bonds is 10. The van der Waals surface area contributed by atoms with Crippen molar-refractivity contribution in [2.45, 2.75) is 13.0 Å². The van der Waals surface area contributed by atoms with Crippen LogP contribution in [0.15, 0.2) is 0 Å². The third-order valence-electron chi connectivity index (χ3n) is 2.07. The normalized spacial score (nSPS) is 12.9. The maximum absolute atomic E-state index is 11.6. The molecule has 0 aliphatic rings. The van der Waals surface area contributed by atoms with E-state index in [9.17, 15) is 18.0 Å². The first kappa shape index (κ1) is 17.8. The largest absolute Gasteiger partial charge is 0.480 e. The Morgan fingerprint density at radius 3 is 2.37 bits per heavy atom. The monoisotopic (exact) mass is 297 g/mol. The van der Waals surface area contributed by atoms with E-state index in [1.807, 2.05) is 0 Å². The predicted molar refractivity (Wildman–Crippen MR) is 66.6 cm³/mol. The van der Waals surface area contributed by atoms with Crippen LogP contribution < -0.4 is 5.32 Å². The summed E-state index contributed by atoms with van der Waals surface area (Å²) >= 11 is 0. The molecule has 0 aromatic rings. The van der Waals surface area contributed by atoms with Gasteiger partial charge in [0.1, 0.15) is 6.04 Å². The number of amides is 1. The van der Waals surface area contributed by atoms with Crippen molar-refractivity contribution in [1.82, 2.24) is 5.32 Å². The summed E-state index contributed by atoms with van der Waals surface area (Å²) in [6, 6.07) is -1.44. The van der Waals surface area contributed by atoms with E-state index in [-0.39, 0.29) is 19.0 Å². The molecule has 0 spiro atoms. The summed E-state index contributed by atoms with van der Waals surface area (Å²) in [7, 11) is -2.13. The zero-order valence-corrected chi connectivity index (χ0v) is 11.7. The first-order valence-corrected chi connectivity index (χ1v) is 7.37. The lowest BCUT2D eigenvalue weighted by molar-refractivity contribution is -0.140. The SMILES string of the molecule is COCCOCCS(=O)(=O)C[C@H](NC(C)=O)C(=O)O. The number of aliphatic carboxylic acids is 1. The number of carbonyl (C=O) groups is 2. The summed E-state index contributed by atoms with van der Waals surface area (Å²) < 4.78 is 33.0. The standard InChI is InChI=1S/C10H19NO7S/c1-8(12)11-9(10(13)14)7-19(15,16)6-5-18-4-3-17-2/h9H,3-7H2,1-2H3,(H,11,12)(H,13,14)/t9-/m0/s1. The number of carboxylic acid groups (broad SMARTS) is 1. The van der Waals surface area contributed by atoms with Crippen LogP contribution in [-0.2, 0) is 28.9 Å². The summed E-state index contributed by atoms with van der Waals surface area (Å²) in [5.74, 6) is -2.95. The van der Waals surface area contributed by atoms with Crippen molar-refractivity contribution < 1.29 is 32.6 Å². The van der Waals surface area contributed by atoms with Crippen LogP contribution in [0, 0.1) is 0 Å². The van der Waals surface area contributed by atoms with Crippen LogP contribution in [0.2, 0.25) is 0 Å². The van der Waals surface area contributed by atoms with Crippen LogP contribution in [0.3, 0.4) is 0 Å². The second-order valence-corrected chi connectivity index (χ2v) is 6.04. The molecule has 0 fully saturated rings. The highest BCUT2D eigenvalue weighted by molar-refractivity contribution is 7.91. The number of methoxy groups -OCH3 is 1. The van der Waals surface area contributed by atoms with Gasteiger partial charge in [-0.15, -0.1) is 0 Å². The molecule has 112 valence electrons. The molecule has 0 radical (unpaired) electrons. The minimum Gasteiger partial charge on any atom is -0.480 e. The molecule has 0 aliphatic heterocycles. The molecule has 0 unspecified atom stereocenters.